The summed E-state index contributed by atoms with van der Waals surface area (Å²) in [7, 11) is 5.19. The van der Waals surface area contributed by atoms with E-state index in [1.165, 1.54) is 38.0 Å². The van der Waals surface area contributed by atoms with Crippen LogP contribution in [0.15, 0.2) is 24.4 Å². The van der Waals surface area contributed by atoms with E-state index in [2.05, 4.69) is 10.3 Å². The van der Waals surface area contributed by atoms with E-state index in [0.29, 0.717) is 43.6 Å². The number of hydrogen-bond donors (Lipinski definition) is 5. The predicted molar refractivity (Wildman–Crippen MR) is 280 cm³/mol. The zero-order valence-corrected chi connectivity index (χ0v) is 47.7. The van der Waals surface area contributed by atoms with Crippen molar-refractivity contribution in [1.82, 2.24) is 24.8 Å². The van der Waals surface area contributed by atoms with Crippen molar-refractivity contribution in [2.24, 2.45) is 17.8 Å². The lowest BCUT2D eigenvalue weighted by Gasteiger charge is -2.49. The highest BCUT2D eigenvalue weighted by molar-refractivity contribution is 5.90. The van der Waals surface area contributed by atoms with Gasteiger partial charge >= 0.3 is 12.1 Å². The van der Waals surface area contributed by atoms with Gasteiger partial charge in [-0.05, 0) is 119 Å². The zero-order chi connectivity index (χ0) is 57.1. The third-order valence-corrected chi connectivity index (χ3v) is 16.8. The summed E-state index contributed by atoms with van der Waals surface area (Å²) in [6.07, 6.45) is -7.87. The first-order chi connectivity index (χ1) is 36.0. The van der Waals surface area contributed by atoms with E-state index in [1.54, 1.807) is 65.4 Å². The quantitative estimate of drug-likeness (QED) is 0.149. The molecule has 4 saturated heterocycles. The Morgan fingerprint density at radius 2 is 1.68 bits per heavy atom. The second-order valence-electron chi connectivity index (χ2n) is 23.5. The number of aliphatic hydroxyl groups is 5. The van der Waals surface area contributed by atoms with Crippen molar-refractivity contribution in [3.8, 4) is 0 Å². The Morgan fingerprint density at radius 1 is 0.974 bits per heavy atom. The molecule has 2 aromatic rings. The van der Waals surface area contributed by atoms with Crippen LogP contribution < -0.4 is 4.90 Å². The minimum absolute atomic E-state index is 0.0160. The van der Waals surface area contributed by atoms with Crippen molar-refractivity contribution in [2.75, 3.05) is 45.7 Å². The fourth-order valence-electron chi connectivity index (χ4n) is 11.9. The van der Waals surface area contributed by atoms with Crippen LogP contribution in [-0.2, 0) is 55.7 Å². The number of benzene rings is 1. The van der Waals surface area contributed by atoms with Crippen LogP contribution in [-0.4, -0.2) is 205 Å². The highest BCUT2D eigenvalue weighted by atomic mass is 19.1. The van der Waals surface area contributed by atoms with Gasteiger partial charge < -0.3 is 73.3 Å². The number of Topliss-reactive ketones (excluding diaryl/α,β-unsaturated/α-hetero) is 1. The molecule has 4 aliphatic heterocycles. The smallest absolute Gasteiger partial charge is 0.414 e. The van der Waals surface area contributed by atoms with E-state index >= 15 is 4.39 Å². The molecular formula is C55H89FN6O15. The van der Waals surface area contributed by atoms with Gasteiger partial charge in [-0.1, -0.05) is 32.1 Å². The first kappa shape index (κ1) is 62.4. The van der Waals surface area contributed by atoms with Crippen LogP contribution in [0.2, 0.25) is 0 Å². The number of esters is 1. The summed E-state index contributed by atoms with van der Waals surface area (Å²) in [5.41, 5.74) is -3.28. The molecule has 1 aromatic carbocycles. The van der Waals surface area contributed by atoms with Gasteiger partial charge in [0.05, 0.1) is 66.0 Å². The molecule has 0 saturated carbocycles. The Hall–Kier alpha value is -3.78. The van der Waals surface area contributed by atoms with Gasteiger partial charge in [-0.15, -0.1) is 5.10 Å². The number of amides is 1. The van der Waals surface area contributed by atoms with Crippen molar-refractivity contribution in [1.29, 1.82) is 0 Å². The van der Waals surface area contributed by atoms with Crippen LogP contribution in [0.1, 0.15) is 126 Å². The monoisotopic (exact) mass is 1090 g/mol. The molecule has 436 valence electrons. The second kappa shape index (κ2) is 25.8. The molecule has 19 atom stereocenters. The maximum Gasteiger partial charge on any atom is 0.414 e. The average Bonchev–Trinajstić information content (AvgIpc) is 3.98. The van der Waals surface area contributed by atoms with Gasteiger partial charge in [-0.2, -0.15) is 0 Å². The van der Waals surface area contributed by atoms with Gasteiger partial charge in [-0.3, -0.25) is 9.69 Å². The molecule has 0 spiro atoms. The number of methoxy groups -OCH3 is 1. The van der Waals surface area contributed by atoms with E-state index in [9.17, 15) is 39.9 Å². The number of halogens is 1. The number of carbonyl (C=O) groups excluding carboxylic acids is 3. The summed E-state index contributed by atoms with van der Waals surface area (Å²) in [4.78, 5) is 43.6. The van der Waals surface area contributed by atoms with Gasteiger partial charge in [0.15, 0.2) is 12.6 Å². The van der Waals surface area contributed by atoms with Crippen LogP contribution in [0.3, 0.4) is 0 Å². The fourth-order valence-corrected chi connectivity index (χ4v) is 11.9. The number of aromatic nitrogens is 3. The van der Waals surface area contributed by atoms with Crippen LogP contribution in [0, 0.1) is 23.6 Å². The van der Waals surface area contributed by atoms with E-state index in [0.717, 1.165) is 0 Å². The number of rotatable bonds is 16. The first-order valence-electron chi connectivity index (χ1n) is 27.4. The number of ether oxygens (including phenoxy) is 7. The predicted octanol–water partition coefficient (Wildman–Crippen LogP) is 3.99. The fraction of sp³-hybridized carbons (Fsp3) is 0.800. The van der Waals surface area contributed by atoms with Gasteiger partial charge in [0.2, 0.25) is 0 Å². The van der Waals surface area contributed by atoms with Crippen molar-refractivity contribution < 1.29 is 77.5 Å². The summed E-state index contributed by atoms with van der Waals surface area (Å²) in [6.45, 7) is 20.0. The van der Waals surface area contributed by atoms with Gasteiger partial charge in [0.25, 0.3) is 0 Å². The van der Waals surface area contributed by atoms with Crippen molar-refractivity contribution in [3.05, 3.63) is 41.5 Å². The van der Waals surface area contributed by atoms with Crippen LogP contribution in [0.5, 0.6) is 0 Å². The molecule has 77 heavy (non-hydrogen) atoms. The number of anilines is 1. The lowest BCUT2D eigenvalue weighted by molar-refractivity contribution is -0.318. The topological polar surface area (TPSA) is 257 Å². The third-order valence-electron chi connectivity index (χ3n) is 16.8. The number of ketones is 1. The Kier molecular flexibility index (Phi) is 20.9. The van der Waals surface area contributed by atoms with Crippen molar-refractivity contribution in [3.63, 3.8) is 0 Å². The highest BCUT2D eigenvalue weighted by Gasteiger charge is 2.53. The van der Waals surface area contributed by atoms with Crippen LogP contribution >= 0.6 is 0 Å². The Morgan fingerprint density at radius 3 is 2.32 bits per heavy atom. The number of aliphatic hydroxyl groups excluding tert-OH is 3. The maximum absolute atomic E-state index is 15.4. The summed E-state index contributed by atoms with van der Waals surface area (Å²) in [5.74, 6) is -3.52. The van der Waals surface area contributed by atoms with E-state index < -0.39 is 126 Å². The minimum atomic E-state index is -1.86. The molecule has 0 aliphatic carbocycles. The Bertz CT molecular complexity index is 2290. The first-order valence-corrected chi connectivity index (χ1v) is 27.4. The zero-order valence-electron chi connectivity index (χ0n) is 47.7. The molecule has 1 amide bonds. The lowest BCUT2D eigenvalue weighted by Crippen LogP contribution is -2.61. The lowest BCUT2D eigenvalue weighted by atomic mass is 9.77. The SMILES string of the molecule is CC[C@H]1OC(=O)[C@H](C)[C@@H](O[C@H]2C[C@@](C)(OC)[C@@H](O)[C@H](C)O2)[C@H](C)[C@@H](O[C@@H]2O[C@H](C)C[C@H](N(C)CCc3cn(Cc4ccc(N5C[C@H](CCC(C)=O)OC5=O)c(F)c4)nn3)[C@H]2O)[C@](C)(O)C[C@@H](C)CN(C)[C@H](C)[C@@H](O)[C@]1(C)O. The number of likely N-dealkylation sites (N-methyl/N-ethyl adjacent to an activating group) is 2. The third kappa shape index (κ3) is 14.8. The molecule has 1 aromatic heterocycles. The number of cyclic esters (lactones) is 2. The molecule has 4 aliphatic rings. The summed E-state index contributed by atoms with van der Waals surface area (Å²) in [5, 5.41) is 68.4. The van der Waals surface area contributed by atoms with Gasteiger partial charge in [0, 0.05) is 63.7 Å². The normalized spacial score (nSPS) is 39.3. The number of hydrogen-bond acceptors (Lipinski definition) is 19. The van der Waals surface area contributed by atoms with E-state index in [-0.39, 0.29) is 56.2 Å². The summed E-state index contributed by atoms with van der Waals surface area (Å²) >= 11 is 0. The molecule has 21 nitrogen and oxygen atoms in total. The molecule has 0 radical (unpaired) electrons. The molecule has 6 rings (SSSR count). The Labute approximate surface area is 453 Å². The van der Waals surface area contributed by atoms with Gasteiger partial charge in [-0.25, -0.2) is 13.9 Å². The highest BCUT2D eigenvalue weighted by Crippen LogP contribution is 2.40. The largest absolute Gasteiger partial charge is 0.459 e. The number of carbonyl (C=O) groups is 3. The maximum atomic E-state index is 15.4. The molecular weight excluding hydrogens is 1000 g/mol. The van der Waals surface area contributed by atoms with E-state index in [1.807, 2.05) is 37.7 Å². The van der Waals surface area contributed by atoms with Crippen LogP contribution in [0.25, 0.3) is 0 Å². The van der Waals surface area contributed by atoms with Crippen LogP contribution in [0.4, 0.5) is 14.9 Å². The molecule has 4 fully saturated rings. The summed E-state index contributed by atoms with van der Waals surface area (Å²) in [6, 6.07) is 3.49. The Balaban J connectivity index is 1.21. The summed E-state index contributed by atoms with van der Waals surface area (Å²) < 4.78 is 60.7. The molecule has 5 heterocycles. The number of nitrogens with zero attached hydrogens (tertiary/aromatic N) is 6. The van der Waals surface area contributed by atoms with Gasteiger partial charge in [0.1, 0.15) is 47.7 Å². The average molecular weight is 1090 g/mol. The minimum Gasteiger partial charge on any atom is -0.459 e. The molecule has 0 bridgehead atoms. The molecule has 0 unspecified atom stereocenters. The van der Waals surface area contributed by atoms with Crippen molar-refractivity contribution in [2.45, 2.75) is 224 Å². The molecule has 22 heteroatoms. The standard InChI is InChI=1S/C55H89FN6O15/c1-15-43-55(11,70)47(65)35(7)60(13)26-30(2)24-53(9,69)49(33(5)46(34(6)50(67)75-43)76-44-25-54(10,71-14)48(66)36(8)73-44)77-51-45(64)42(22-32(4)72-51)59(12)21-20-38-28-61(58-57-38)27-37-17-19-41(40(56)23-37)62-29-39(74-52(62)68)18-16-31(3)63/h17,19,23,28,30,32-36,39,42-49,51,64-66,69-70H,15-16,18,20-22,24-27,29H2,1-14H3/t30-,32-,33+,34-,35-,36+,39+,42+,43-,44+,45-,46+,47-,48+,49-,51+,53-,54-,55-/m1/s1. The second-order valence-corrected chi connectivity index (χ2v) is 23.5. The molecule has 5 N–H and O–H groups in total. The van der Waals surface area contributed by atoms with Crippen molar-refractivity contribution >= 4 is 23.5 Å². The van der Waals surface area contributed by atoms with E-state index in [4.69, 9.17) is 33.2 Å².